The third-order valence-electron chi connectivity index (χ3n) is 4.68. The van der Waals surface area contributed by atoms with Gasteiger partial charge >= 0.3 is 6.18 Å². The molecule has 0 aliphatic carbocycles. The molecule has 0 fully saturated rings. The monoisotopic (exact) mass is 451 g/mol. The third-order valence-corrected chi connectivity index (χ3v) is 5.37. The van der Waals surface area contributed by atoms with Crippen LogP contribution in [0.2, 0.25) is 10.0 Å². The van der Waals surface area contributed by atoms with Crippen LogP contribution in [0.4, 0.5) is 13.2 Å². The first kappa shape index (κ1) is 20.4. The van der Waals surface area contributed by atoms with Gasteiger partial charge in [-0.1, -0.05) is 59.6 Å². The van der Waals surface area contributed by atoms with E-state index in [9.17, 15) is 13.2 Å². The van der Waals surface area contributed by atoms with Crippen molar-refractivity contribution in [1.29, 1.82) is 0 Å². The second-order valence-corrected chi connectivity index (χ2v) is 7.35. The molecule has 0 N–H and O–H groups in total. The minimum Gasteiger partial charge on any atom is -0.309 e. The topological polar surface area (TPSA) is 48.5 Å². The summed E-state index contributed by atoms with van der Waals surface area (Å²) in [6.07, 6.45) is -4.53. The zero-order chi connectivity index (χ0) is 21.6. The number of aryl methyl sites for hydroxylation is 1. The van der Waals surface area contributed by atoms with E-state index < -0.39 is 11.7 Å². The van der Waals surface area contributed by atoms with Crippen LogP contribution < -0.4 is 0 Å². The summed E-state index contributed by atoms with van der Waals surface area (Å²) in [6.45, 7) is 0. The summed E-state index contributed by atoms with van der Waals surface area (Å²) >= 11 is 12.9. The zero-order valence-corrected chi connectivity index (χ0v) is 17.3. The van der Waals surface area contributed by atoms with E-state index in [0.717, 1.165) is 6.07 Å². The maximum atomic E-state index is 13.4. The minimum absolute atomic E-state index is 0.0546. The Labute approximate surface area is 179 Å². The van der Waals surface area contributed by atoms with Gasteiger partial charge in [-0.25, -0.2) is 0 Å². The number of hydrogen-bond donors (Lipinski definition) is 0. The second kappa shape index (κ2) is 7.45. The number of halogens is 5. The summed E-state index contributed by atoms with van der Waals surface area (Å²) < 4.78 is 43.3. The van der Waals surface area contributed by atoms with E-state index >= 15 is 0 Å². The maximum absolute atomic E-state index is 13.4. The summed E-state index contributed by atoms with van der Waals surface area (Å²) in [4.78, 5) is 0. The molecule has 0 atom stereocenters. The molecule has 0 radical (unpaired) electrons. The fourth-order valence-electron chi connectivity index (χ4n) is 3.28. The smallest absolute Gasteiger partial charge is 0.309 e. The van der Waals surface area contributed by atoms with Gasteiger partial charge in [0.25, 0.3) is 0 Å². The Balaban J connectivity index is 1.86. The number of aromatic nitrogens is 5. The Morgan fingerprint density at radius 2 is 1.43 bits per heavy atom. The first-order chi connectivity index (χ1) is 14.2. The molecule has 10 heteroatoms. The van der Waals surface area contributed by atoms with Gasteiger partial charge in [-0.05, 0) is 12.1 Å². The molecule has 0 amide bonds. The Morgan fingerprint density at radius 3 is 2.10 bits per heavy atom. The van der Waals surface area contributed by atoms with E-state index in [1.807, 2.05) is 6.07 Å². The molecule has 4 aromatic rings. The number of alkyl halides is 3. The summed E-state index contributed by atoms with van der Waals surface area (Å²) in [7, 11) is 3.27. The molecule has 2 aromatic carbocycles. The Hall–Kier alpha value is -2.84. The number of nitrogens with zero attached hydrogens (tertiary/aromatic N) is 5. The zero-order valence-electron chi connectivity index (χ0n) is 15.7. The van der Waals surface area contributed by atoms with E-state index in [2.05, 4.69) is 15.3 Å². The van der Waals surface area contributed by atoms with Crippen LogP contribution in [-0.2, 0) is 20.3 Å². The van der Waals surface area contributed by atoms with Crippen LogP contribution in [0.15, 0.2) is 48.5 Å². The lowest BCUT2D eigenvalue weighted by Crippen LogP contribution is -2.08. The van der Waals surface area contributed by atoms with Crippen LogP contribution in [0.3, 0.4) is 0 Å². The van der Waals surface area contributed by atoms with Crippen molar-refractivity contribution in [2.75, 3.05) is 0 Å². The van der Waals surface area contributed by atoms with Crippen molar-refractivity contribution in [1.82, 2.24) is 24.5 Å². The van der Waals surface area contributed by atoms with Crippen molar-refractivity contribution < 1.29 is 13.2 Å². The average molecular weight is 452 g/mol. The van der Waals surface area contributed by atoms with Crippen LogP contribution in [-0.4, -0.2) is 24.5 Å². The van der Waals surface area contributed by atoms with Crippen molar-refractivity contribution in [3.63, 3.8) is 0 Å². The van der Waals surface area contributed by atoms with Gasteiger partial charge in [0.2, 0.25) is 0 Å². The summed E-state index contributed by atoms with van der Waals surface area (Å²) in [6, 6.07) is 12.4. The van der Waals surface area contributed by atoms with E-state index in [4.69, 9.17) is 23.2 Å². The fraction of sp³-hybridized carbons (Fsp3) is 0.150. The van der Waals surface area contributed by atoms with Crippen molar-refractivity contribution in [3.8, 4) is 34.2 Å². The molecule has 0 aliphatic heterocycles. The molecule has 0 bridgehead atoms. The molecule has 0 saturated carbocycles. The minimum atomic E-state index is -4.53. The largest absolute Gasteiger partial charge is 0.417 e. The molecular weight excluding hydrogens is 438 g/mol. The highest BCUT2D eigenvalue weighted by molar-refractivity contribution is 6.37. The van der Waals surface area contributed by atoms with Crippen molar-refractivity contribution in [2.24, 2.45) is 14.1 Å². The Kier molecular flexibility index (Phi) is 5.07. The van der Waals surface area contributed by atoms with Gasteiger partial charge in [0, 0.05) is 30.2 Å². The van der Waals surface area contributed by atoms with Gasteiger partial charge in [0.15, 0.2) is 11.6 Å². The number of benzene rings is 2. The molecule has 2 heterocycles. The molecule has 2 aromatic heterocycles. The van der Waals surface area contributed by atoms with Gasteiger partial charge in [0.1, 0.15) is 5.69 Å². The van der Waals surface area contributed by atoms with Crippen molar-refractivity contribution in [2.45, 2.75) is 6.18 Å². The summed E-state index contributed by atoms with van der Waals surface area (Å²) in [5, 5.41) is 13.2. The summed E-state index contributed by atoms with van der Waals surface area (Å²) in [5.41, 5.74) is 0.660. The fourth-order valence-corrected chi connectivity index (χ4v) is 3.85. The van der Waals surface area contributed by atoms with Crippen LogP contribution >= 0.6 is 23.2 Å². The van der Waals surface area contributed by atoms with E-state index in [0.29, 0.717) is 22.0 Å². The highest BCUT2D eigenvalue weighted by atomic mass is 35.5. The van der Waals surface area contributed by atoms with Crippen LogP contribution in [0.1, 0.15) is 5.56 Å². The molecular formula is C20H14Cl2F3N5. The van der Waals surface area contributed by atoms with E-state index in [1.54, 1.807) is 37.0 Å². The first-order valence-electron chi connectivity index (χ1n) is 8.74. The molecule has 4 rings (SSSR count). The lowest BCUT2D eigenvalue weighted by molar-refractivity contribution is -0.137. The predicted octanol–water partition coefficient (Wildman–Crippen LogP) is 5.88. The van der Waals surface area contributed by atoms with Gasteiger partial charge in [-0.2, -0.15) is 18.3 Å². The number of rotatable bonds is 3. The van der Waals surface area contributed by atoms with Gasteiger partial charge in [0.05, 0.1) is 16.3 Å². The Bertz CT molecular complexity index is 1240. The molecule has 0 unspecified atom stereocenters. The molecule has 30 heavy (non-hydrogen) atoms. The van der Waals surface area contributed by atoms with Crippen LogP contribution in [0.25, 0.3) is 34.2 Å². The molecule has 5 nitrogen and oxygen atoms in total. The quantitative estimate of drug-likeness (QED) is 0.391. The molecule has 154 valence electrons. The van der Waals surface area contributed by atoms with Crippen molar-refractivity contribution in [3.05, 3.63) is 64.1 Å². The summed E-state index contributed by atoms with van der Waals surface area (Å²) in [5.74, 6) is 0.291. The molecule has 0 spiro atoms. The lowest BCUT2D eigenvalue weighted by atomic mass is 10.1. The van der Waals surface area contributed by atoms with E-state index in [1.165, 1.54) is 22.8 Å². The van der Waals surface area contributed by atoms with Gasteiger partial charge < -0.3 is 4.57 Å². The highest BCUT2D eigenvalue weighted by Gasteiger charge is 2.35. The first-order valence-corrected chi connectivity index (χ1v) is 9.49. The van der Waals surface area contributed by atoms with Crippen LogP contribution in [0.5, 0.6) is 0 Å². The maximum Gasteiger partial charge on any atom is 0.417 e. The highest BCUT2D eigenvalue weighted by Crippen LogP contribution is 2.40. The molecule has 0 aliphatic rings. The van der Waals surface area contributed by atoms with Crippen LogP contribution in [0, 0.1) is 0 Å². The third kappa shape index (κ3) is 3.36. The average Bonchev–Trinajstić information content (AvgIpc) is 3.21. The van der Waals surface area contributed by atoms with Gasteiger partial charge in [-0.3, -0.25) is 4.68 Å². The van der Waals surface area contributed by atoms with Crippen molar-refractivity contribution >= 4 is 23.2 Å². The SMILES string of the molecule is Cn1nc(-c2nnc(-c3ccccc3C(F)(F)F)n2C)c(Cl)c1-c1ccccc1Cl. The number of hydrogen-bond acceptors (Lipinski definition) is 3. The van der Waals surface area contributed by atoms with E-state index in [-0.39, 0.29) is 22.2 Å². The Morgan fingerprint density at radius 1 is 0.833 bits per heavy atom. The van der Waals surface area contributed by atoms with Gasteiger partial charge in [-0.15, -0.1) is 10.2 Å². The standard InChI is InChI=1S/C20H14Cl2F3N5/c1-29-18(11-7-3-5-9-13(11)20(23,24)25)26-27-19(29)16-15(22)17(30(2)28-16)12-8-4-6-10-14(12)21/h3-10H,1-2H3. The second-order valence-electron chi connectivity index (χ2n) is 6.56. The normalized spacial score (nSPS) is 11.8. The lowest BCUT2D eigenvalue weighted by Gasteiger charge is -2.12. The molecule has 0 saturated heterocycles. The predicted molar refractivity (Wildman–Crippen MR) is 109 cm³/mol.